The number of hydrogen-bond acceptors (Lipinski definition) is 16. The Morgan fingerprint density at radius 2 is 1.35 bits per heavy atom. The molecule has 0 aromatic carbocycles. The number of nitrogens with two attached hydrogens (primary N) is 2. The number of ether oxygens (including phenoxy) is 4. The van der Waals surface area contributed by atoms with E-state index in [1.807, 2.05) is 112 Å². The number of hydrogen-bond donors (Lipinski definition) is 4. The summed E-state index contributed by atoms with van der Waals surface area (Å²) in [5, 5.41) is 12.9. The number of carbonyl (C=O) groups is 2. The number of halogens is 1. The Balaban J connectivity index is 0.000000320. The number of rotatable bonds is 15. The van der Waals surface area contributed by atoms with Crippen LogP contribution in [0.4, 0.5) is 21.2 Å². The Labute approximate surface area is 427 Å². The largest absolute Gasteiger partial charge is 0.444 e. The zero-order valence-corrected chi connectivity index (χ0v) is 46.5. The molecule has 1 unspecified atom stereocenters. The predicted molar refractivity (Wildman–Crippen MR) is 287 cm³/mol. The molecule has 2 saturated heterocycles. The number of unbranched alkanes of at least 4 members (excludes halogenated alkanes) is 2. The van der Waals surface area contributed by atoms with Gasteiger partial charge in [0.2, 0.25) is 0 Å². The number of carbonyl (C=O) groups excluding carboxylic acids is 2. The fourth-order valence-corrected chi connectivity index (χ4v) is 9.73. The first kappa shape index (κ1) is 61.7. The van der Waals surface area contributed by atoms with Gasteiger partial charge in [-0.2, -0.15) is 23.5 Å². The van der Waals surface area contributed by atoms with E-state index < -0.39 is 22.7 Å². The van der Waals surface area contributed by atoms with Crippen LogP contribution in [-0.4, -0.2) is 144 Å². The number of anilines is 2. The molecule has 19 heteroatoms. The van der Waals surface area contributed by atoms with Crippen molar-refractivity contribution in [3.05, 3.63) is 47.3 Å². The minimum absolute atomic E-state index is 0.0988. The van der Waals surface area contributed by atoms with Gasteiger partial charge in [0.05, 0.1) is 43.3 Å². The first-order valence-corrected chi connectivity index (χ1v) is 27.3. The Morgan fingerprint density at radius 3 is 1.87 bits per heavy atom. The second-order valence-electron chi connectivity index (χ2n) is 19.8. The molecule has 0 radical (unpaired) electrons. The van der Waals surface area contributed by atoms with Crippen LogP contribution in [-0.2, 0) is 31.8 Å². The van der Waals surface area contributed by atoms with Crippen LogP contribution in [0.3, 0.4) is 0 Å². The molecule has 3 atom stereocenters. The van der Waals surface area contributed by atoms with Crippen LogP contribution < -0.4 is 16.8 Å². The highest BCUT2D eigenvalue weighted by Crippen LogP contribution is 2.33. The topological polar surface area (TPSA) is 213 Å². The minimum Gasteiger partial charge on any atom is -0.444 e. The highest BCUT2D eigenvalue weighted by atomic mass is 35.5. The molecule has 2 aliphatic carbocycles. The van der Waals surface area contributed by atoms with Crippen LogP contribution in [0.5, 0.6) is 0 Å². The monoisotopic (exact) mass is 1020 g/mol. The SMILES string of the molecule is CCC1COC(C)(C)N1C(=O)OC(C)(C)C.CCCCSC[C@@H](CO)NCC1=CCc2c(N)ncnc21.CCCCSC[C@H]1COC(C)(C)N1C(=O)OC(C)(C)C.CCl.Nc1ncnc2c1CC=C2. The molecule has 16 nitrogen and oxygen atoms in total. The number of amides is 2. The third-order valence-corrected chi connectivity index (χ3v) is 13.4. The van der Waals surface area contributed by atoms with Crippen LogP contribution in [0.15, 0.2) is 24.8 Å². The maximum atomic E-state index is 12.4. The summed E-state index contributed by atoms with van der Waals surface area (Å²) in [5.41, 5.74) is 14.5. The summed E-state index contributed by atoms with van der Waals surface area (Å²) in [5.74, 6) is 5.31. The maximum Gasteiger partial charge on any atom is 0.412 e. The first-order chi connectivity index (χ1) is 32.5. The summed E-state index contributed by atoms with van der Waals surface area (Å²) in [4.78, 5) is 44.2. The molecule has 6 N–H and O–H groups in total. The summed E-state index contributed by atoms with van der Waals surface area (Å²) < 4.78 is 22.3. The lowest BCUT2D eigenvalue weighted by atomic mass is 10.2. The van der Waals surface area contributed by atoms with Gasteiger partial charge in [-0.15, -0.1) is 11.6 Å². The van der Waals surface area contributed by atoms with Crippen molar-refractivity contribution in [1.29, 1.82) is 0 Å². The average Bonchev–Trinajstić information content (AvgIpc) is 4.07. The smallest absolute Gasteiger partial charge is 0.412 e. The molecule has 392 valence electrons. The highest BCUT2D eigenvalue weighted by Gasteiger charge is 2.46. The Hall–Kier alpha value is -3.39. The number of allylic oxidation sites excluding steroid dienone is 2. The number of aliphatic hydroxyl groups excluding tert-OH is 1. The van der Waals surface area contributed by atoms with Gasteiger partial charge in [-0.25, -0.2) is 29.5 Å². The van der Waals surface area contributed by atoms with Gasteiger partial charge in [0.25, 0.3) is 0 Å². The summed E-state index contributed by atoms with van der Waals surface area (Å²) in [6.07, 6.45) is 17.5. The number of alkyl halides is 1. The van der Waals surface area contributed by atoms with Crippen LogP contribution in [0.2, 0.25) is 0 Å². The zero-order chi connectivity index (χ0) is 52.0. The van der Waals surface area contributed by atoms with E-state index in [0.29, 0.717) is 31.4 Å². The van der Waals surface area contributed by atoms with Crippen molar-refractivity contribution in [3.8, 4) is 0 Å². The van der Waals surface area contributed by atoms with Gasteiger partial charge in [-0.05, 0) is 124 Å². The van der Waals surface area contributed by atoms with Gasteiger partial charge in [-0.3, -0.25) is 9.80 Å². The van der Waals surface area contributed by atoms with Crippen LogP contribution >= 0.6 is 35.1 Å². The quantitative estimate of drug-likeness (QED) is 0.0965. The lowest BCUT2D eigenvalue weighted by Gasteiger charge is -2.35. The third kappa shape index (κ3) is 20.7. The van der Waals surface area contributed by atoms with Crippen molar-refractivity contribution < 1.29 is 33.6 Å². The predicted octanol–water partition coefficient (Wildman–Crippen LogP) is 9.63. The van der Waals surface area contributed by atoms with Crippen molar-refractivity contribution in [2.45, 2.75) is 176 Å². The van der Waals surface area contributed by atoms with E-state index in [9.17, 15) is 14.7 Å². The fourth-order valence-electron chi connectivity index (χ4n) is 7.38. The van der Waals surface area contributed by atoms with E-state index in [0.717, 1.165) is 70.4 Å². The van der Waals surface area contributed by atoms with E-state index in [-0.39, 0.29) is 36.9 Å². The van der Waals surface area contributed by atoms with E-state index in [4.69, 9.17) is 30.4 Å². The zero-order valence-electron chi connectivity index (χ0n) is 44.2. The molecule has 2 aromatic heterocycles. The van der Waals surface area contributed by atoms with Gasteiger partial charge < -0.3 is 40.8 Å². The Morgan fingerprint density at radius 1 is 0.826 bits per heavy atom. The van der Waals surface area contributed by atoms with E-state index in [2.05, 4.69) is 56.8 Å². The molecular formula is C50H86ClN9O7S2. The normalized spacial score (nSPS) is 18.7. The van der Waals surface area contributed by atoms with E-state index >= 15 is 0 Å². The van der Waals surface area contributed by atoms with Crippen molar-refractivity contribution in [2.24, 2.45) is 0 Å². The lowest BCUT2D eigenvalue weighted by Crippen LogP contribution is -2.50. The van der Waals surface area contributed by atoms with Crippen LogP contribution in [0, 0.1) is 0 Å². The number of thioether (sulfide) groups is 2. The molecular weight excluding hydrogens is 938 g/mol. The highest BCUT2D eigenvalue weighted by molar-refractivity contribution is 7.99. The standard InChI is InChI=1S/C15H24N4OS.C15H29NO3S.C12H23NO3.C7H7N3.CH3Cl/c1-2-3-6-21-9-12(8-20)17-7-11-4-5-13-14(11)18-10-19-15(13)16;1-7-8-9-20-11-12-10-18-15(5,6)16(12)13(17)19-14(2,3)4;1-7-9-8-15-12(5,6)13(9)10(14)16-11(2,3)4;8-7-5-2-1-3-6(5)9-4-10-7;1-2/h4,10,12,17,20H,2-3,5-9H2,1H3,(H2,16,18,19);12H,7-11H2,1-6H3;9H,7-8H2,1-6H3;1,3-4H,2H2,(H2,8,9,10);1H3/t2*12-;;;/m11.../s1. The number of nitrogen functional groups attached to an aromatic ring is 2. The second kappa shape index (κ2) is 29.8. The van der Waals surface area contributed by atoms with Crippen molar-refractivity contribution in [3.63, 3.8) is 0 Å². The number of fused-ring (bicyclic) bond motifs is 2. The Bertz CT molecular complexity index is 1930. The molecule has 0 bridgehead atoms. The third-order valence-electron chi connectivity index (χ3n) is 11.0. The summed E-state index contributed by atoms with van der Waals surface area (Å²) in [7, 11) is 0. The molecule has 0 spiro atoms. The van der Waals surface area contributed by atoms with Crippen LogP contribution in [0.25, 0.3) is 11.6 Å². The lowest BCUT2D eigenvalue weighted by molar-refractivity contribution is -0.0633. The van der Waals surface area contributed by atoms with Gasteiger partial charge in [0, 0.05) is 41.6 Å². The molecule has 2 aromatic rings. The first-order valence-electron chi connectivity index (χ1n) is 24.2. The second-order valence-corrected chi connectivity index (χ2v) is 22.1. The van der Waals surface area contributed by atoms with Gasteiger partial charge >= 0.3 is 12.2 Å². The summed E-state index contributed by atoms with van der Waals surface area (Å²) in [6.45, 7) is 27.4. The molecule has 2 amide bonds. The van der Waals surface area contributed by atoms with Crippen molar-refractivity contribution >= 4 is 70.6 Å². The Kier molecular flexibility index (Phi) is 26.7. The summed E-state index contributed by atoms with van der Waals surface area (Å²) >= 11 is 8.42. The molecule has 6 rings (SSSR count). The van der Waals surface area contributed by atoms with Crippen LogP contribution in [0.1, 0.15) is 145 Å². The van der Waals surface area contributed by atoms with Gasteiger partial charge in [-0.1, -0.05) is 45.8 Å². The molecule has 69 heavy (non-hydrogen) atoms. The maximum absolute atomic E-state index is 12.4. The van der Waals surface area contributed by atoms with Crippen molar-refractivity contribution in [2.75, 3.05) is 67.2 Å². The molecule has 2 aliphatic heterocycles. The number of nitrogens with one attached hydrogen (secondary N) is 1. The van der Waals surface area contributed by atoms with Gasteiger partial charge in [0.15, 0.2) is 0 Å². The average molecular weight is 1020 g/mol. The molecule has 4 heterocycles. The summed E-state index contributed by atoms with van der Waals surface area (Å²) in [6, 6.07) is 0.336. The van der Waals surface area contributed by atoms with Crippen molar-refractivity contribution in [1.82, 2.24) is 35.1 Å². The number of aliphatic hydroxyl groups is 1. The number of aromatic nitrogens is 4. The van der Waals surface area contributed by atoms with Gasteiger partial charge in [0.1, 0.15) is 46.9 Å². The fraction of sp³-hybridized carbons (Fsp3) is 0.720. The van der Waals surface area contributed by atoms with E-state index in [1.165, 1.54) is 44.7 Å². The molecule has 2 fully saturated rings. The molecule has 4 aliphatic rings. The minimum atomic E-state index is -0.585. The van der Waals surface area contributed by atoms with E-state index in [1.54, 1.807) is 9.80 Å². The number of nitrogens with zero attached hydrogens (tertiary/aromatic N) is 6. The molecule has 0 saturated carbocycles.